The maximum atomic E-state index is 12.9. The fourth-order valence-corrected chi connectivity index (χ4v) is 3.24. The number of rotatable bonds is 4. The van der Waals surface area contributed by atoms with Crippen LogP contribution in [-0.2, 0) is 15.7 Å². The fraction of sp³-hybridized carbons (Fsp3) is 0.350. The van der Waals surface area contributed by atoms with Crippen molar-refractivity contribution >= 4 is 23.4 Å². The molecule has 154 valence electrons. The number of likely N-dealkylation sites (tertiary alicyclic amines) is 1. The van der Waals surface area contributed by atoms with E-state index in [0.29, 0.717) is 25.9 Å². The number of nitrogens with zero attached hydrogens (tertiary/aromatic N) is 2. The molecule has 1 saturated heterocycles. The molecular formula is C20H20F3N3O3. The summed E-state index contributed by atoms with van der Waals surface area (Å²) < 4.78 is 43.5. The van der Waals surface area contributed by atoms with Crippen molar-refractivity contribution in [3.63, 3.8) is 0 Å². The number of carbonyl (C=O) groups excluding carboxylic acids is 2. The van der Waals surface area contributed by atoms with E-state index < -0.39 is 11.7 Å². The Morgan fingerprint density at radius 2 is 1.90 bits per heavy atom. The lowest BCUT2D eigenvalue weighted by Gasteiger charge is -2.31. The summed E-state index contributed by atoms with van der Waals surface area (Å²) in [7, 11) is 1.33. The Kier molecular flexibility index (Phi) is 6.05. The number of halogens is 3. The summed E-state index contributed by atoms with van der Waals surface area (Å²) in [5.74, 6) is -0.645. The van der Waals surface area contributed by atoms with E-state index >= 15 is 0 Å². The van der Waals surface area contributed by atoms with Gasteiger partial charge in [-0.25, -0.2) is 4.98 Å². The number of ether oxygens (including phenoxy) is 1. The van der Waals surface area contributed by atoms with Gasteiger partial charge in [-0.3, -0.25) is 9.59 Å². The van der Waals surface area contributed by atoms with Gasteiger partial charge >= 0.3 is 12.1 Å². The van der Waals surface area contributed by atoms with Crippen molar-refractivity contribution in [2.45, 2.75) is 19.0 Å². The van der Waals surface area contributed by atoms with Gasteiger partial charge in [-0.1, -0.05) is 6.07 Å². The molecule has 0 spiro atoms. The quantitative estimate of drug-likeness (QED) is 0.779. The molecule has 29 heavy (non-hydrogen) atoms. The lowest BCUT2D eigenvalue weighted by atomic mass is 9.96. The van der Waals surface area contributed by atoms with Crippen molar-refractivity contribution in [2.75, 3.05) is 25.5 Å². The van der Waals surface area contributed by atoms with Crippen LogP contribution in [0.1, 0.15) is 28.8 Å². The van der Waals surface area contributed by atoms with E-state index in [9.17, 15) is 22.8 Å². The summed E-state index contributed by atoms with van der Waals surface area (Å²) in [5.41, 5.74) is -0.366. The highest BCUT2D eigenvalue weighted by Gasteiger charge is 2.31. The molecule has 0 bridgehead atoms. The minimum Gasteiger partial charge on any atom is -0.469 e. The number of amides is 1. The number of hydrogen-bond donors (Lipinski definition) is 1. The molecule has 2 aromatic rings. The first-order valence-electron chi connectivity index (χ1n) is 9.06. The lowest BCUT2D eigenvalue weighted by Crippen LogP contribution is -2.40. The van der Waals surface area contributed by atoms with E-state index in [0.717, 1.165) is 12.1 Å². The van der Waals surface area contributed by atoms with E-state index in [2.05, 4.69) is 10.3 Å². The molecule has 2 heterocycles. The smallest absolute Gasteiger partial charge is 0.416 e. The van der Waals surface area contributed by atoms with Gasteiger partial charge in [0.05, 0.1) is 24.2 Å². The first-order valence-corrected chi connectivity index (χ1v) is 9.06. The Morgan fingerprint density at radius 3 is 2.55 bits per heavy atom. The summed E-state index contributed by atoms with van der Waals surface area (Å²) in [6.45, 7) is 0.771. The van der Waals surface area contributed by atoms with Crippen LogP contribution in [0.25, 0.3) is 0 Å². The topological polar surface area (TPSA) is 71.5 Å². The monoisotopic (exact) mass is 407 g/mol. The van der Waals surface area contributed by atoms with Gasteiger partial charge in [0.1, 0.15) is 5.82 Å². The van der Waals surface area contributed by atoms with Gasteiger partial charge in [0, 0.05) is 25.0 Å². The van der Waals surface area contributed by atoms with Crippen LogP contribution in [0.3, 0.4) is 0 Å². The number of alkyl halides is 3. The molecule has 1 N–H and O–H groups in total. The second-order valence-electron chi connectivity index (χ2n) is 6.69. The normalized spacial score (nSPS) is 15.1. The Bertz CT molecular complexity index is 894. The number of aromatic nitrogens is 1. The zero-order chi connectivity index (χ0) is 21.0. The van der Waals surface area contributed by atoms with Crippen LogP contribution in [0.4, 0.5) is 24.7 Å². The van der Waals surface area contributed by atoms with Gasteiger partial charge in [0.25, 0.3) is 5.91 Å². The summed E-state index contributed by atoms with van der Waals surface area (Å²) in [6.07, 6.45) is -2.02. The number of anilines is 2. The number of carbonyl (C=O) groups is 2. The van der Waals surface area contributed by atoms with E-state index in [1.54, 1.807) is 17.0 Å². The van der Waals surface area contributed by atoms with E-state index in [-0.39, 0.29) is 34.9 Å². The van der Waals surface area contributed by atoms with Crippen molar-refractivity contribution in [2.24, 2.45) is 5.92 Å². The second kappa shape index (κ2) is 8.50. The van der Waals surface area contributed by atoms with Crippen LogP contribution in [0.15, 0.2) is 42.6 Å². The molecule has 0 unspecified atom stereocenters. The molecule has 0 atom stereocenters. The average molecular weight is 407 g/mol. The minimum atomic E-state index is -4.47. The summed E-state index contributed by atoms with van der Waals surface area (Å²) in [5, 5.41) is 2.81. The molecule has 1 aliphatic heterocycles. The Labute approximate surface area is 165 Å². The molecular weight excluding hydrogens is 387 g/mol. The number of benzene rings is 1. The molecule has 1 aliphatic rings. The zero-order valence-electron chi connectivity index (χ0n) is 15.7. The van der Waals surface area contributed by atoms with Crippen molar-refractivity contribution in [3.8, 4) is 0 Å². The van der Waals surface area contributed by atoms with Crippen LogP contribution in [0.2, 0.25) is 0 Å². The van der Waals surface area contributed by atoms with Gasteiger partial charge < -0.3 is 15.0 Å². The summed E-state index contributed by atoms with van der Waals surface area (Å²) in [6, 6.07) is 7.85. The van der Waals surface area contributed by atoms with Crippen LogP contribution < -0.4 is 5.32 Å². The first kappa shape index (κ1) is 20.6. The van der Waals surface area contributed by atoms with E-state index in [4.69, 9.17) is 4.74 Å². The number of nitrogens with one attached hydrogen (secondary N) is 1. The molecule has 6 nitrogen and oxygen atoms in total. The predicted molar refractivity (Wildman–Crippen MR) is 99.6 cm³/mol. The highest BCUT2D eigenvalue weighted by Crippen LogP contribution is 2.32. The predicted octanol–water partition coefficient (Wildman–Crippen LogP) is 3.87. The van der Waals surface area contributed by atoms with Crippen molar-refractivity contribution in [3.05, 3.63) is 53.7 Å². The fourth-order valence-electron chi connectivity index (χ4n) is 3.24. The molecule has 9 heteroatoms. The Morgan fingerprint density at radius 1 is 1.17 bits per heavy atom. The van der Waals surface area contributed by atoms with E-state index in [1.165, 1.54) is 25.4 Å². The van der Waals surface area contributed by atoms with Crippen LogP contribution in [-0.4, -0.2) is 42.0 Å². The highest BCUT2D eigenvalue weighted by atomic mass is 19.4. The average Bonchev–Trinajstić information content (AvgIpc) is 2.73. The summed E-state index contributed by atoms with van der Waals surface area (Å²) >= 11 is 0. The van der Waals surface area contributed by atoms with Crippen molar-refractivity contribution in [1.29, 1.82) is 0 Å². The maximum absolute atomic E-state index is 12.9. The van der Waals surface area contributed by atoms with Gasteiger partial charge in [-0.2, -0.15) is 13.2 Å². The SMILES string of the molecule is COC(=O)C1CCN(C(=O)c2cccnc2Nc2cccc(C(F)(F)F)c2)CC1. The first-order chi connectivity index (χ1) is 13.8. The zero-order valence-corrected chi connectivity index (χ0v) is 15.7. The third kappa shape index (κ3) is 4.85. The molecule has 0 radical (unpaired) electrons. The number of piperidine rings is 1. The van der Waals surface area contributed by atoms with Gasteiger partial charge in [0.15, 0.2) is 0 Å². The minimum absolute atomic E-state index is 0.173. The van der Waals surface area contributed by atoms with Crippen molar-refractivity contribution < 1.29 is 27.5 Å². The number of methoxy groups -OCH3 is 1. The molecule has 0 saturated carbocycles. The highest BCUT2D eigenvalue weighted by molar-refractivity contribution is 5.99. The van der Waals surface area contributed by atoms with E-state index in [1.807, 2.05) is 0 Å². The largest absolute Gasteiger partial charge is 0.469 e. The van der Waals surface area contributed by atoms with Gasteiger partial charge in [0.2, 0.25) is 0 Å². The molecule has 1 amide bonds. The van der Waals surface area contributed by atoms with Crippen LogP contribution in [0.5, 0.6) is 0 Å². The second-order valence-corrected chi connectivity index (χ2v) is 6.69. The Hall–Kier alpha value is -3.10. The maximum Gasteiger partial charge on any atom is 0.416 e. The third-order valence-electron chi connectivity index (χ3n) is 4.81. The molecule has 1 fully saturated rings. The number of esters is 1. The molecule has 1 aromatic carbocycles. The van der Waals surface area contributed by atoms with Gasteiger partial charge in [-0.15, -0.1) is 0 Å². The number of pyridine rings is 1. The Balaban J connectivity index is 1.76. The number of hydrogen-bond acceptors (Lipinski definition) is 5. The van der Waals surface area contributed by atoms with Gasteiger partial charge in [-0.05, 0) is 43.2 Å². The molecule has 0 aliphatic carbocycles. The van der Waals surface area contributed by atoms with Crippen LogP contribution >= 0.6 is 0 Å². The third-order valence-corrected chi connectivity index (χ3v) is 4.81. The molecule has 3 rings (SSSR count). The van der Waals surface area contributed by atoms with Crippen molar-refractivity contribution in [1.82, 2.24) is 9.88 Å². The standard InChI is InChI=1S/C20H20F3N3O3/c1-29-19(28)13-7-10-26(11-8-13)18(27)16-6-3-9-24-17(16)25-15-5-2-4-14(12-15)20(21,22)23/h2-6,9,12-13H,7-8,10-11H2,1H3,(H,24,25). The summed E-state index contributed by atoms with van der Waals surface area (Å²) in [4.78, 5) is 30.3. The molecule has 1 aromatic heterocycles. The van der Waals surface area contributed by atoms with Crippen LogP contribution in [0, 0.1) is 5.92 Å². The lowest BCUT2D eigenvalue weighted by molar-refractivity contribution is -0.146.